The maximum absolute atomic E-state index is 7.13. The number of fused-ring (bicyclic) bond motifs is 7. The number of rotatable bonds is 4. The van der Waals surface area contributed by atoms with Crippen LogP contribution in [0.5, 0.6) is 0 Å². The van der Waals surface area contributed by atoms with Gasteiger partial charge in [0.15, 0.2) is 0 Å². The number of para-hydroxylation sites is 2. The number of benzene rings is 7. The summed E-state index contributed by atoms with van der Waals surface area (Å²) in [6, 6.07) is 19.3. The number of nitrogens with zero attached hydrogens (tertiary/aromatic N) is 2. The molecular weight excluding hydrogens is 727 g/mol. The zero-order valence-electron chi connectivity index (χ0n) is 33.1. The summed E-state index contributed by atoms with van der Waals surface area (Å²) in [6.07, 6.45) is 0. The molecule has 0 N–H and O–H groups in total. The smallest absolute Gasteiger partial charge is 0.117 e. The van der Waals surface area contributed by atoms with Crippen LogP contribution in [-0.4, -0.2) is 150 Å². The first-order valence-corrected chi connectivity index (χ1v) is 18.9. The molecule has 0 atom stereocenters. The lowest BCUT2D eigenvalue weighted by Gasteiger charge is -2.29. The van der Waals surface area contributed by atoms with Gasteiger partial charge in [-0.15, -0.1) is 38.2 Å². The van der Waals surface area contributed by atoms with Gasteiger partial charge in [0.05, 0.1) is 22.1 Å². The third-order valence-corrected chi connectivity index (χ3v) is 12.1. The molecule has 7 aromatic carbocycles. The average Bonchev–Trinajstić information content (AvgIpc) is 3.77. The Morgan fingerprint density at radius 3 is 0.823 bits per heavy atom. The van der Waals surface area contributed by atoms with Crippen molar-refractivity contribution in [2.24, 2.45) is 0 Å². The summed E-state index contributed by atoms with van der Waals surface area (Å²) in [5, 5.41) is 3.28. The average molecular weight is 737 g/mol. The Bertz CT molecular complexity index is 3430. The Kier molecular flexibility index (Phi) is 10.3. The summed E-state index contributed by atoms with van der Waals surface area (Å²) < 4.78 is 3.81. The molecule has 0 spiro atoms. The molecule has 0 aliphatic rings. The fourth-order valence-corrected chi connectivity index (χ4v) is 8.89. The summed E-state index contributed by atoms with van der Waals surface area (Å²) in [7, 11) is 118. The molecular formula is C42H10B18N2. The highest BCUT2D eigenvalue weighted by atomic mass is 15.0. The molecule has 0 fully saturated rings. The highest BCUT2D eigenvalue weighted by Crippen LogP contribution is 2.41. The van der Waals surface area contributed by atoms with Crippen molar-refractivity contribution >= 4 is 283 Å². The Balaban J connectivity index is 1.40. The van der Waals surface area contributed by atoms with E-state index in [0.29, 0.717) is 27.9 Å². The van der Waals surface area contributed by atoms with Crippen LogP contribution in [0.25, 0.3) is 77.2 Å². The molecule has 62 heavy (non-hydrogen) atoms. The predicted octanol–water partition coefficient (Wildman–Crippen LogP) is -10.5. The van der Waals surface area contributed by atoms with E-state index in [2.05, 4.69) is 0 Å². The van der Waals surface area contributed by atoms with Gasteiger partial charge < -0.3 is 9.13 Å². The first-order valence-electron chi connectivity index (χ1n) is 18.9. The highest BCUT2D eigenvalue weighted by molar-refractivity contribution is 6.72. The molecule has 0 saturated carbocycles. The van der Waals surface area contributed by atoms with Crippen LogP contribution in [0.15, 0.2) is 60.7 Å². The van der Waals surface area contributed by atoms with E-state index in [1.54, 1.807) is 0 Å². The SMILES string of the molecule is [B]c1c([B])c([B])c(-c2c([B])c([B])c(-n3c4ccccc4c4c5c6ccccc6n(-c6c([B])c([B])c([B])c(-c7c([B])c([B])c([B])c([B])c7[B])c6[B])c5ccc43)c([B])c2[B])c([B])c1[B]. The van der Waals surface area contributed by atoms with E-state index in [4.69, 9.17) is 141 Å². The van der Waals surface area contributed by atoms with Crippen LogP contribution >= 0.6 is 0 Å². The van der Waals surface area contributed by atoms with Crippen LogP contribution in [0.2, 0.25) is 0 Å². The van der Waals surface area contributed by atoms with Gasteiger partial charge >= 0.3 is 0 Å². The minimum absolute atomic E-state index is 0.00502. The molecule has 9 aromatic rings. The van der Waals surface area contributed by atoms with Gasteiger partial charge in [-0.1, -0.05) is 96.5 Å². The fraction of sp³-hybridized carbons (Fsp3) is 0. The number of aromatic nitrogens is 2. The molecule has 2 nitrogen and oxygen atoms in total. The lowest BCUT2D eigenvalue weighted by Crippen LogP contribution is -2.57. The Hall–Kier alpha value is -4.69. The topological polar surface area (TPSA) is 9.86 Å². The lowest BCUT2D eigenvalue weighted by atomic mass is 9.56. The van der Waals surface area contributed by atoms with Crippen LogP contribution < -0.4 is 98.3 Å². The van der Waals surface area contributed by atoms with E-state index in [1.165, 1.54) is 0 Å². The van der Waals surface area contributed by atoms with Crippen LogP contribution in [0, 0.1) is 0 Å². The van der Waals surface area contributed by atoms with Crippen molar-refractivity contribution in [1.82, 2.24) is 9.13 Å². The zero-order valence-corrected chi connectivity index (χ0v) is 33.1. The largest absolute Gasteiger partial charge is 0.310 e. The molecule has 242 valence electrons. The molecule has 9 rings (SSSR count). The molecule has 0 aliphatic heterocycles. The normalized spacial score (nSPS) is 11.7. The van der Waals surface area contributed by atoms with Crippen LogP contribution in [0.4, 0.5) is 0 Å². The van der Waals surface area contributed by atoms with E-state index in [0.717, 1.165) is 27.1 Å². The van der Waals surface area contributed by atoms with Crippen LogP contribution in [-0.2, 0) is 0 Å². The zero-order chi connectivity index (χ0) is 44.7. The van der Waals surface area contributed by atoms with Gasteiger partial charge in [-0.25, -0.2) is 0 Å². The second-order valence-electron chi connectivity index (χ2n) is 15.2. The molecule has 20 heteroatoms. The molecule has 0 amide bonds. The van der Waals surface area contributed by atoms with E-state index in [9.17, 15) is 0 Å². The maximum atomic E-state index is 7.13. The number of hydrogen-bond acceptors (Lipinski definition) is 0. The van der Waals surface area contributed by atoms with Gasteiger partial charge in [-0.05, 0) is 46.5 Å². The van der Waals surface area contributed by atoms with Crippen molar-refractivity contribution in [2.45, 2.75) is 0 Å². The van der Waals surface area contributed by atoms with Crippen molar-refractivity contribution in [3.8, 4) is 33.6 Å². The van der Waals surface area contributed by atoms with Crippen molar-refractivity contribution in [2.75, 3.05) is 0 Å². The third kappa shape index (κ3) is 5.62. The maximum Gasteiger partial charge on any atom is 0.117 e. The van der Waals surface area contributed by atoms with E-state index in [-0.39, 0.29) is 121 Å². The van der Waals surface area contributed by atoms with Gasteiger partial charge in [-0.3, -0.25) is 0 Å². The minimum Gasteiger partial charge on any atom is -0.310 e. The Morgan fingerprint density at radius 2 is 0.468 bits per heavy atom. The number of hydrogen-bond donors (Lipinski definition) is 0. The molecule has 36 radical (unpaired) electrons. The van der Waals surface area contributed by atoms with E-state index in [1.807, 2.05) is 69.8 Å². The van der Waals surface area contributed by atoms with Crippen molar-refractivity contribution in [1.29, 1.82) is 0 Å². The summed E-state index contributed by atoms with van der Waals surface area (Å²) >= 11 is 0. The molecule has 0 bridgehead atoms. The molecule has 0 unspecified atom stereocenters. The van der Waals surface area contributed by atoms with Gasteiger partial charge in [0.25, 0.3) is 0 Å². The van der Waals surface area contributed by atoms with E-state index < -0.39 is 0 Å². The fourth-order valence-electron chi connectivity index (χ4n) is 8.89. The second kappa shape index (κ2) is 15.0. The molecule has 0 saturated heterocycles. The first-order chi connectivity index (χ1) is 29.3. The quantitative estimate of drug-likeness (QED) is 0.159. The molecule has 2 heterocycles. The summed E-state index contributed by atoms with van der Waals surface area (Å²) in [6.45, 7) is 0. The summed E-state index contributed by atoms with van der Waals surface area (Å²) in [5.41, 5.74) is 4.69. The van der Waals surface area contributed by atoms with E-state index >= 15 is 0 Å². The van der Waals surface area contributed by atoms with Gasteiger partial charge in [-0.2, -0.15) is 0 Å². The van der Waals surface area contributed by atoms with Gasteiger partial charge in [0, 0.05) is 32.9 Å². The molecule has 0 aliphatic carbocycles. The molecule has 2 aromatic heterocycles. The highest BCUT2D eigenvalue weighted by Gasteiger charge is 2.27. The van der Waals surface area contributed by atoms with Gasteiger partial charge in [0.1, 0.15) is 141 Å². The standard InChI is InChI=1S/C42H10B18N2/c43-23-19(24(44)32(52)36(56)31(23)51)20-28(48)38(58)42(39(59)29(20)49)62-14-8-4-2-6-12(14)18-16(62)10-9-15-17(18)11-5-1-3-7-13(11)61(15)41-30(50)22(27(47)35(55)40(41)60)21-25(45)33(53)37(57)34(54)26(21)46/h1-10H. The van der Waals surface area contributed by atoms with Crippen LogP contribution in [0.1, 0.15) is 0 Å². The van der Waals surface area contributed by atoms with Crippen molar-refractivity contribution in [3.63, 3.8) is 0 Å². The summed E-state index contributed by atoms with van der Waals surface area (Å²) in [4.78, 5) is 0. The third-order valence-electron chi connectivity index (χ3n) is 12.1. The second-order valence-corrected chi connectivity index (χ2v) is 15.2. The lowest BCUT2D eigenvalue weighted by molar-refractivity contribution is 1.20. The van der Waals surface area contributed by atoms with Gasteiger partial charge in [0.2, 0.25) is 0 Å². The van der Waals surface area contributed by atoms with Crippen molar-refractivity contribution in [3.05, 3.63) is 60.7 Å². The van der Waals surface area contributed by atoms with Crippen molar-refractivity contribution < 1.29 is 0 Å². The minimum atomic E-state index is 0.00502. The predicted molar refractivity (Wildman–Crippen MR) is 283 cm³/mol. The monoisotopic (exact) mass is 740 g/mol. The first kappa shape index (κ1) is 42.6. The summed E-state index contributed by atoms with van der Waals surface area (Å²) in [5.74, 6) is 0. The van der Waals surface area contributed by atoms with Crippen LogP contribution in [0.3, 0.4) is 0 Å². The Morgan fingerprint density at radius 1 is 0.226 bits per heavy atom. The Labute approximate surface area is 384 Å².